The molecule has 1 aliphatic heterocycles. The second kappa shape index (κ2) is 6.58. The average Bonchev–Trinajstić information content (AvgIpc) is 3.24. The zero-order valence-corrected chi connectivity index (χ0v) is 14.0. The minimum Gasteiger partial charge on any atom is -0.471 e. The van der Waals surface area contributed by atoms with Gasteiger partial charge in [0.1, 0.15) is 11.3 Å². The van der Waals surface area contributed by atoms with Crippen LogP contribution in [0.25, 0.3) is 11.0 Å². The Morgan fingerprint density at radius 1 is 1.40 bits per heavy atom. The Morgan fingerprint density at radius 3 is 3.20 bits per heavy atom. The summed E-state index contributed by atoms with van der Waals surface area (Å²) in [5, 5.41) is 10.4. The van der Waals surface area contributed by atoms with Crippen molar-refractivity contribution < 1.29 is 9.13 Å². The van der Waals surface area contributed by atoms with Crippen molar-refractivity contribution in [2.75, 3.05) is 16.9 Å². The molecule has 130 valence electrons. The first-order chi connectivity index (χ1) is 12.3. The summed E-state index contributed by atoms with van der Waals surface area (Å²) in [5.41, 5.74) is 3.25. The van der Waals surface area contributed by atoms with Crippen LogP contribution in [-0.4, -0.2) is 28.2 Å². The van der Waals surface area contributed by atoms with Crippen LogP contribution < -0.4 is 15.0 Å². The maximum atomic E-state index is 14.4. The molecule has 3 aromatic rings. The van der Waals surface area contributed by atoms with Crippen LogP contribution in [0.5, 0.6) is 5.75 Å². The molecule has 0 aliphatic carbocycles. The fourth-order valence-corrected chi connectivity index (χ4v) is 2.99. The highest BCUT2D eigenvalue weighted by Crippen LogP contribution is 2.39. The van der Waals surface area contributed by atoms with Gasteiger partial charge in [0.2, 0.25) is 0 Å². The van der Waals surface area contributed by atoms with E-state index in [0.717, 1.165) is 35.2 Å². The standard InChI is InChI=1S/C18H20FN5O/c1-2-3-6-16(19)24-11-25-15-10-12(7-8-14(15)24)21-18-17-13(22-23-18)5-4-9-20-17/h4-5,7-10,16H,2-3,6,11H2,1H3,(H2,21,22,23). The van der Waals surface area contributed by atoms with E-state index >= 15 is 0 Å². The van der Waals surface area contributed by atoms with E-state index in [1.54, 1.807) is 11.1 Å². The van der Waals surface area contributed by atoms with E-state index in [1.807, 2.05) is 30.3 Å². The van der Waals surface area contributed by atoms with Crippen LogP contribution in [0.2, 0.25) is 0 Å². The lowest BCUT2D eigenvalue weighted by molar-refractivity contribution is 0.249. The zero-order valence-electron chi connectivity index (χ0n) is 14.0. The summed E-state index contributed by atoms with van der Waals surface area (Å²) >= 11 is 0. The number of pyridine rings is 1. The van der Waals surface area contributed by atoms with Crippen LogP contribution in [-0.2, 0) is 0 Å². The van der Waals surface area contributed by atoms with E-state index in [4.69, 9.17) is 4.74 Å². The Morgan fingerprint density at radius 2 is 2.32 bits per heavy atom. The van der Waals surface area contributed by atoms with Gasteiger partial charge < -0.3 is 15.0 Å². The number of hydrogen-bond donors (Lipinski definition) is 2. The largest absolute Gasteiger partial charge is 0.471 e. The molecule has 3 heterocycles. The van der Waals surface area contributed by atoms with Gasteiger partial charge in [0.25, 0.3) is 0 Å². The first-order valence-electron chi connectivity index (χ1n) is 8.50. The van der Waals surface area contributed by atoms with Gasteiger partial charge in [0.05, 0.1) is 11.2 Å². The smallest absolute Gasteiger partial charge is 0.178 e. The van der Waals surface area contributed by atoms with Crippen molar-refractivity contribution in [2.24, 2.45) is 0 Å². The Kier molecular flexibility index (Phi) is 4.13. The van der Waals surface area contributed by atoms with Gasteiger partial charge in [-0.25, -0.2) is 4.39 Å². The molecule has 1 aromatic carbocycles. The fourth-order valence-electron chi connectivity index (χ4n) is 2.99. The molecule has 0 saturated carbocycles. The number of halogens is 1. The summed E-state index contributed by atoms with van der Waals surface area (Å²) in [7, 11) is 0. The number of benzene rings is 1. The van der Waals surface area contributed by atoms with Crippen molar-refractivity contribution in [3.8, 4) is 5.75 Å². The molecule has 1 unspecified atom stereocenters. The van der Waals surface area contributed by atoms with Crippen LogP contribution >= 0.6 is 0 Å². The number of alkyl halides is 1. The van der Waals surface area contributed by atoms with Gasteiger partial charge in [0.15, 0.2) is 18.8 Å². The molecular weight excluding hydrogens is 321 g/mol. The molecule has 0 radical (unpaired) electrons. The summed E-state index contributed by atoms with van der Waals surface area (Å²) in [6, 6.07) is 9.42. The molecule has 0 saturated heterocycles. The normalized spacial score (nSPS) is 14.4. The summed E-state index contributed by atoms with van der Waals surface area (Å²) in [6.07, 6.45) is 3.08. The summed E-state index contributed by atoms with van der Waals surface area (Å²) in [5.74, 6) is 1.33. The van der Waals surface area contributed by atoms with E-state index < -0.39 is 6.30 Å². The molecule has 25 heavy (non-hydrogen) atoms. The molecule has 0 amide bonds. The summed E-state index contributed by atoms with van der Waals surface area (Å²) < 4.78 is 20.0. The van der Waals surface area contributed by atoms with Gasteiger partial charge in [0, 0.05) is 18.0 Å². The topological polar surface area (TPSA) is 66.1 Å². The summed E-state index contributed by atoms with van der Waals surface area (Å²) in [6.45, 7) is 2.31. The lowest BCUT2D eigenvalue weighted by atomic mass is 10.2. The molecule has 4 rings (SSSR count). The lowest BCUT2D eigenvalue weighted by Gasteiger charge is -2.21. The first-order valence-corrected chi connectivity index (χ1v) is 8.50. The van der Waals surface area contributed by atoms with Crippen LogP contribution in [0.1, 0.15) is 26.2 Å². The number of rotatable bonds is 6. The van der Waals surface area contributed by atoms with Crippen molar-refractivity contribution in [3.63, 3.8) is 0 Å². The van der Waals surface area contributed by atoms with Crippen LogP contribution in [0, 0.1) is 0 Å². The van der Waals surface area contributed by atoms with Crippen LogP contribution in [0.3, 0.4) is 0 Å². The number of aromatic amines is 1. The molecule has 0 fully saturated rings. The Labute approximate surface area is 145 Å². The minimum absolute atomic E-state index is 0.247. The number of nitrogens with one attached hydrogen (secondary N) is 2. The summed E-state index contributed by atoms with van der Waals surface area (Å²) in [4.78, 5) is 6.00. The van der Waals surface area contributed by atoms with Crippen LogP contribution in [0.15, 0.2) is 36.5 Å². The Hall–Kier alpha value is -2.83. The average molecular weight is 341 g/mol. The molecule has 7 heteroatoms. The van der Waals surface area contributed by atoms with E-state index in [2.05, 4.69) is 27.4 Å². The Balaban J connectivity index is 1.54. The van der Waals surface area contributed by atoms with Gasteiger partial charge in [-0.15, -0.1) is 0 Å². The molecule has 0 bridgehead atoms. The SMILES string of the molecule is CCCCC(F)N1COc2cc(Nc3n[nH]c4cccnc34)ccc21. The second-order valence-electron chi connectivity index (χ2n) is 6.10. The number of ether oxygens (including phenoxy) is 1. The number of nitrogens with zero attached hydrogens (tertiary/aromatic N) is 3. The molecule has 6 nitrogen and oxygen atoms in total. The van der Waals surface area contributed by atoms with Crippen molar-refractivity contribution in [2.45, 2.75) is 32.5 Å². The lowest BCUT2D eigenvalue weighted by Crippen LogP contribution is -2.31. The van der Waals surface area contributed by atoms with Crippen molar-refractivity contribution in [3.05, 3.63) is 36.5 Å². The Bertz CT molecular complexity index is 881. The maximum Gasteiger partial charge on any atom is 0.178 e. The zero-order chi connectivity index (χ0) is 17.2. The molecule has 1 aliphatic rings. The van der Waals surface area contributed by atoms with Gasteiger partial charge in [-0.1, -0.05) is 13.3 Å². The second-order valence-corrected chi connectivity index (χ2v) is 6.10. The van der Waals surface area contributed by atoms with Gasteiger partial charge in [-0.2, -0.15) is 5.10 Å². The quantitative estimate of drug-likeness (QED) is 0.653. The number of unbranched alkanes of at least 4 members (excludes halogenated alkanes) is 1. The van der Waals surface area contributed by atoms with Crippen molar-refractivity contribution in [1.82, 2.24) is 15.2 Å². The molecule has 0 spiro atoms. The molecule has 1 atom stereocenters. The van der Waals surface area contributed by atoms with Crippen molar-refractivity contribution >= 4 is 28.2 Å². The fraction of sp³-hybridized carbons (Fsp3) is 0.333. The number of hydrogen-bond acceptors (Lipinski definition) is 5. The van der Waals surface area contributed by atoms with E-state index in [0.29, 0.717) is 18.0 Å². The van der Waals surface area contributed by atoms with Gasteiger partial charge in [-0.3, -0.25) is 10.1 Å². The molecular formula is C18H20FN5O. The van der Waals surface area contributed by atoms with Crippen LogP contribution in [0.4, 0.5) is 21.6 Å². The number of H-pyrrole nitrogens is 1. The third-order valence-electron chi connectivity index (χ3n) is 4.35. The molecule has 2 N–H and O–H groups in total. The molecule has 2 aromatic heterocycles. The number of anilines is 3. The maximum absolute atomic E-state index is 14.4. The highest BCUT2D eigenvalue weighted by molar-refractivity contribution is 5.87. The van der Waals surface area contributed by atoms with E-state index in [-0.39, 0.29) is 6.73 Å². The first kappa shape index (κ1) is 15.7. The highest BCUT2D eigenvalue weighted by atomic mass is 19.1. The number of aromatic nitrogens is 3. The number of fused-ring (bicyclic) bond motifs is 2. The third-order valence-corrected chi connectivity index (χ3v) is 4.35. The minimum atomic E-state index is -1.01. The van der Waals surface area contributed by atoms with E-state index in [9.17, 15) is 4.39 Å². The predicted octanol–water partition coefficient (Wildman–Crippen LogP) is 4.34. The predicted molar refractivity (Wildman–Crippen MR) is 96.0 cm³/mol. The van der Waals surface area contributed by atoms with Crippen molar-refractivity contribution in [1.29, 1.82) is 0 Å². The third kappa shape index (κ3) is 2.97. The monoisotopic (exact) mass is 341 g/mol. The van der Waals surface area contributed by atoms with Gasteiger partial charge in [-0.05, 0) is 37.1 Å². The highest BCUT2D eigenvalue weighted by Gasteiger charge is 2.27. The van der Waals surface area contributed by atoms with Gasteiger partial charge >= 0.3 is 0 Å². The van der Waals surface area contributed by atoms with E-state index in [1.165, 1.54) is 0 Å².